The van der Waals surface area contributed by atoms with Crippen molar-refractivity contribution in [3.8, 4) is 5.69 Å². The zero-order chi connectivity index (χ0) is 20.5. The Balaban J connectivity index is 1.63. The number of nitrogens with zero attached hydrogens (tertiary/aromatic N) is 3. The number of anilines is 1. The van der Waals surface area contributed by atoms with E-state index in [0.29, 0.717) is 11.5 Å². The lowest BCUT2D eigenvalue weighted by Crippen LogP contribution is -2.12. The molecule has 4 aromatic rings. The summed E-state index contributed by atoms with van der Waals surface area (Å²) >= 11 is 2.22. The second-order valence-corrected chi connectivity index (χ2v) is 8.60. The number of rotatable bonds is 4. The van der Waals surface area contributed by atoms with Crippen molar-refractivity contribution in [2.45, 2.75) is 26.7 Å². The fourth-order valence-electron chi connectivity index (χ4n) is 3.11. The smallest absolute Gasteiger partial charge is 0.255 e. The third kappa shape index (κ3) is 4.17. The van der Waals surface area contributed by atoms with Crippen LogP contribution in [-0.4, -0.2) is 20.9 Å². The van der Waals surface area contributed by atoms with E-state index in [1.165, 1.54) is 5.56 Å². The number of carbonyl (C=O) groups is 1. The van der Waals surface area contributed by atoms with E-state index in [9.17, 15) is 4.79 Å². The zero-order valence-electron chi connectivity index (χ0n) is 16.5. The fraction of sp³-hybridized carbons (Fsp3) is 0.174. The van der Waals surface area contributed by atoms with Crippen molar-refractivity contribution in [3.05, 3.63) is 80.9 Å². The Kier molecular flexibility index (Phi) is 5.36. The van der Waals surface area contributed by atoms with Gasteiger partial charge >= 0.3 is 0 Å². The average molecular weight is 496 g/mol. The van der Waals surface area contributed by atoms with Crippen LogP contribution in [0.3, 0.4) is 0 Å². The molecule has 0 aliphatic heterocycles. The van der Waals surface area contributed by atoms with Crippen LogP contribution in [-0.2, 0) is 0 Å². The molecule has 3 aromatic carbocycles. The van der Waals surface area contributed by atoms with Crippen LogP contribution in [0.5, 0.6) is 0 Å². The van der Waals surface area contributed by atoms with Gasteiger partial charge in [-0.3, -0.25) is 4.79 Å². The number of aryl methyl sites for hydroxylation is 1. The summed E-state index contributed by atoms with van der Waals surface area (Å²) in [5, 5.41) is 12.2. The Morgan fingerprint density at radius 3 is 2.21 bits per heavy atom. The molecule has 1 aromatic heterocycles. The summed E-state index contributed by atoms with van der Waals surface area (Å²) in [4.78, 5) is 14.2. The minimum Gasteiger partial charge on any atom is -0.322 e. The molecule has 0 radical (unpaired) electrons. The molecule has 0 saturated carbocycles. The lowest BCUT2D eigenvalue weighted by atomic mass is 10.0. The zero-order valence-corrected chi connectivity index (χ0v) is 18.6. The van der Waals surface area contributed by atoms with Crippen molar-refractivity contribution in [2.75, 3.05) is 5.32 Å². The van der Waals surface area contributed by atoms with Gasteiger partial charge in [-0.1, -0.05) is 26.0 Å². The molecule has 4 rings (SSSR count). The number of aromatic nitrogens is 3. The summed E-state index contributed by atoms with van der Waals surface area (Å²) in [5.41, 5.74) is 6.03. The van der Waals surface area contributed by atoms with Crippen molar-refractivity contribution < 1.29 is 4.79 Å². The molecular formula is C23H21IN4O. The van der Waals surface area contributed by atoms with Crippen molar-refractivity contribution >= 4 is 45.2 Å². The standard InChI is InChI=1S/C23H21IN4O/c1-14(2)16-6-10-19(11-7-16)28-26-21-12-15(3)20(13-22(21)27-28)25-23(29)17-4-8-18(24)9-5-17/h4-14H,1-3H3,(H,25,29). The molecule has 1 heterocycles. The van der Waals surface area contributed by atoms with Gasteiger partial charge in [0.1, 0.15) is 11.0 Å². The number of amides is 1. The Bertz CT molecular complexity index is 1180. The van der Waals surface area contributed by atoms with Gasteiger partial charge in [-0.15, -0.1) is 10.2 Å². The predicted molar refractivity (Wildman–Crippen MR) is 125 cm³/mol. The molecule has 1 amide bonds. The monoisotopic (exact) mass is 496 g/mol. The van der Waals surface area contributed by atoms with Gasteiger partial charge in [-0.05, 0) is 95.1 Å². The molecule has 0 atom stereocenters. The largest absolute Gasteiger partial charge is 0.322 e. The molecule has 0 bridgehead atoms. The topological polar surface area (TPSA) is 59.8 Å². The molecule has 146 valence electrons. The first-order valence-electron chi connectivity index (χ1n) is 9.45. The molecule has 0 spiro atoms. The van der Waals surface area contributed by atoms with Gasteiger partial charge in [0.05, 0.1) is 5.69 Å². The highest BCUT2D eigenvalue weighted by atomic mass is 127. The Morgan fingerprint density at radius 2 is 1.59 bits per heavy atom. The number of hydrogen-bond donors (Lipinski definition) is 1. The summed E-state index contributed by atoms with van der Waals surface area (Å²) in [7, 11) is 0. The van der Waals surface area contributed by atoms with Gasteiger partial charge in [-0.2, -0.15) is 4.80 Å². The van der Waals surface area contributed by atoms with Gasteiger partial charge in [-0.25, -0.2) is 0 Å². The van der Waals surface area contributed by atoms with Crippen molar-refractivity contribution in [1.82, 2.24) is 15.0 Å². The minimum absolute atomic E-state index is 0.138. The average Bonchev–Trinajstić information content (AvgIpc) is 3.11. The molecule has 0 aliphatic carbocycles. The second kappa shape index (κ2) is 7.94. The fourth-order valence-corrected chi connectivity index (χ4v) is 3.47. The first kappa shape index (κ1) is 19.6. The van der Waals surface area contributed by atoms with E-state index < -0.39 is 0 Å². The van der Waals surface area contributed by atoms with Crippen LogP contribution < -0.4 is 5.32 Å². The minimum atomic E-state index is -0.138. The lowest BCUT2D eigenvalue weighted by Gasteiger charge is -2.08. The van der Waals surface area contributed by atoms with Gasteiger partial charge in [0.25, 0.3) is 5.91 Å². The van der Waals surface area contributed by atoms with Crippen molar-refractivity contribution in [2.24, 2.45) is 0 Å². The lowest BCUT2D eigenvalue weighted by molar-refractivity contribution is 0.102. The Hall–Kier alpha value is -2.74. The maximum atomic E-state index is 12.6. The van der Waals surface area contributed by atoms with Crippen LogP contribution in [0.1, 0.15) is 41.3 Å². The molecule has 0 aliphatic rings. The first-order valence-corrected chi connectivity index (χ1v) is 10.5. The number of fused-ring (bicyclic) bond motifs is 1. The highest BCUT2D eigenvalue weighted by molar-refractivity contribution is 14.1. The Morgan fingerprint density at radius 1 is 0.966 bits per heavy atom. The quantitative estimate of drug-likeness (QED) is 0.369. The SMILES string of the molecule is Cc1cc2nn(-c3ccc(C(C)C)cc3)nc2cc1NC(=O)c1ccc(I)cc1. The summed E-state index contributed by atoms with van der Waals surface area (Å²) < 4.78 is 1.09. The van der Waals surface area contributed by atoms with Gasteiger partial charge in [0.2, 0.25) is 0 Å². The highest BCUT2D eigenvalue weighted by Crippen LogP contribution is 2.23. The highest BCUT2D eigenvalue weighted by Gasteiger charge is 2.12. The molecule has 29 heavy (non-hydrogen) atoms. The van der Waals surface area contributed by atoms with E-state index in [1.54, 1.807) is 4.80 Å². The van der Waals surface area contributed by atoms with Crippen LogP contribution in [0.25, 0.3) is 16.7 Å². The number of halogens is 1. The third-order valence-corrected chi connectivity index (χ3v) is 5.59. The molecule has 0 fully saturated rings. The summed E-state index contributed by atoms with van der Waals surface area (Å²) in [6.07, 6.45) is 0. The second-order valence-electron chi connectivity index (χ2n) is 7.35. The molecule has 6 heteroatoms. The summed E-state index contributed by atoms with van der Waals surface area (Å²) in [6.45, 7) is 6.30. The normalized spacial score (nSPS) is 11.2. The summed E-state index contributed by atoms with van der Waals surface area (Å²) in [5.74, 6) is 0.344. The number of carbonyl (C=O) groups excluding carboxylic acids is 1. The molecular weight excluding hydrogens is 475 g/mol. The van der Waals surface area contributed by atoms with Gasteiger partial charge < -0.3 is 5.32 Å². The first-order chi connectivity index (χ1) is 13.9. The number of hydrogen-bond acceptors (Lipinski definition) is 3. The third-order valence-electron chi connectivity index (χ3n) is 4.87. The van der Waals surface area contributed by atoms with Crippen LogP contribution in [0.2, 0.25) is 0 Å². The van der Waals surface area contributed by atoms with E-state index in [0.717, 1.165) is 31.5 Å². The van der Waals surface area contributed by atoms with E-state index in [-0.39, 0.29) is 5.91 Å². The van der Waals surface area contributed by atoms with E-state index >= 15 is 0 Å². The van der Waals surface area contributed by atoms with Crippen LogP contribution in [0, 0.1) is 10.5 Å². The number of nitrogens with one attached hydrogen (secondary N) is 1. The van der Waals surface area contributed by atoms with Gasteiger partial charge in [0, 0.05) is 14.8 Å². The predicted octanol–water partition coefficient (Wildman–Crippen LogP) is 5.71. The van der Waals surface area contributed by atoms with E-state index in [1.807, 2.05) is 55.5 Å². The van der Waals surface area contributed by atoms with Crippen LogP contribution >= 0.6 is 22.6 Å². The molecule has 0 saturated heterocycles. The van der Waals surface area contributed by atoms with Crippen LogP contribution in [0.15, 0.2) is 60.7 Å². The van der Waals surface area contributed by atoms with Gasteiger partial charge in [0.15, 0.2) is 0 Å². The maximum Gasteiger partial charge on any atom is 0.255 e. The van der Waals surface area contributed by atoms with E-state index in [4.69, 9.17) is 0 Å². The molecule has 0 unspecified atom stereocenters. The van der Waals surface area contributed by atoms with Crippen LogP contribution in [0.4, 0.5) is 5.69 Å². The molecule has 5 nitrogen and oxygen atoms in total. The molecule has 1 N–H and O–H groups in total. The van der Waals surface area contributed by atoms with Crippen molar-refractivity contribution in [3.63, 3.8) is 0 Å². The van der Waals surface area contributed by atoms with Crippen molar-refractivity contribution in [1.29, 1.82) is 0 Å². The Labute approximate surface area is 183 Å². The number of benzene rings is 3. The van der Waals surface area contributed by atoms with E-state index in [2.05, 4.69) is 64.1 Å². The maximum absolute atomic E-state index is 12.6. The summed E-state index contributed by atoms with van der Waals surface area (Å²) in [6, 6.07) is 19.6.